The lowest BCUT2D eigenvalue weighted by Crippen LogP contribution is -2.31. The minimum atomic E-state index is -0.415. The first kappa shape index (κ1) is 14.4. The smallest absolute Gasteiger partial charge is 0.243 e. The van der Waals surface area contributed by atoms with Crippen LogP contribution < -0.4 is 16.0 Å². The van der Waals surface area contributed by atoms with Crippen LogP contribution in [0.4, 0.5) is 11.4 Å². The zero-order valence-corrected chi connectivity index (χ0v) is 10.5. The summed E-state index contributed by atoms with van der Waals surface area (Å²) < 4.78 is 0. The van der Waals surface area contributed by atoms with Gasteiger partial charge in [-0.05, 0) is 24.3 Å². The first-order valence-corrected chi connectivity index (χ1v) is 5.59. The van der Waals surface area contributed by atoms with Gasteiger partial charge in [0.25, 0.3) is 0 Å². The molecule has 19 heavy (non-hydrogen) atoms. The third-order valence-corrected chi connectivity index (χ3v) is 2.08. The molecule has 6 heteroatoms. The molecule has 0 aliphatic carbocycles. The lowest BCUT2D eigenvalue weighted by molar-refractivity contribution is -0.121. The number of benzene rings is 1. The van der Waals surface area contributed by atoms with E-state index in [-0.39, 0.29) is 18.4 Å². The summed E-state index contributed by atoms with van der Waals surface area (Å²) in [7, 11) is 0. The van der Waals surface area contributed by atoms with Gasteiger partial charge in [-0.1, -0.05) is 12.6 Å². The molecule has 100 valence electrons. The Kier molecular flexibility index (Phi) is 5.28. The van der Waals surface area contributed by atoms with E-state index in [1.807, 2.05) is 0 Å². The molecule has 1 aromatic carbocycles. The highest BCUT2D eigenvalue weighted by atomic mass is 16.2. The predicted octanol–water partition coefficient (Wildman–Crippen LogP) is 0.886. The van der Waals surface area contributed by atoms with Crippen LogP contribution in [0.25, 0.3) is 0 Å². The highest BCUT2D eigenvalue weighted by Crippen LogP contribution is 2.14. The summed E-state index contributed by atoms with van der Waals surface area (Å²) in [6.07, 6.45) is 1.09. The Morgan fingerprint density at radius 1 is 1.21 bits per heavy atom. The number of amides is 3. The zero-order valence-electron chi connectivity index (χ0n) is 10.5. The molecule has 0 aliphatic heterocycles. The maximum atomic E-state index is 11.5. The van der Waals surface area contributed by atoms with Crippen molar-refractivity contribution in [3.05, 3.63) is 36.9 Å². The zero-order chi connectivity index (χ0) is 14.3. The quantitative estimate of drug-likeness (QED) is 0.688. The average Bonchev–Trinajstić information content (AvgIpc) is 2.35. The van der Waals surface area contributed by atoms with Gasteiger partial charge in [0.1, 0.15) is 0 Å². The topological polar surface area (TPSA) is 87.3 Å². The van der Waals surface area contributed by atoms with Gasteiger partial charge < -0.3 is 16.0 Å². The predicted molar refractivity (Wildman–Crippen MR) is 72.6 cm³/mol. The number of nitrogens with one attached hydrogen (secondary N) is 3. The molecule has 0 radical (unpaired) electrons. The largest absolute Gasteiger partial charge is 0.343 e. The molecule has 0 unspecified atom stereocenters. The van der Waals surface area contributed by atoms with E-state index in [0.29, 0.717) is 11.4 Å². The molecule has 0 aliphatic rings. The van der Waals surface area contributed by atoms with Gasteiger partial charge in [-0.2, -0.15) is 0 Å². The molecular formula is C13H15N3O3. The van der Waals surface area contributed by atoms with Crippen LogP contribution in [0.15, 0.2) is 36.9 Å². The minimum absolute atomic E-state index is 0.144. The van der Waals surface area contributed by atoms with E-state index in [4.69, 9.17) is 0 Å². The van der Waals surface area contributed by atoms with Crippen molar-refractivity contribution in [3.8, 4) is 0 Å². The number of carbonyl (C=O) groups is 3. The number of rotatable bonds is 5. The van der Waals surface area contributed by atoms with Crippen molar-refractivity contribution in [1.82, 2.24) is 5.32 Å². The molecule has 0 fully saturated rings. The van der Waals surface area contributed by atoms with Gasteiger partial charge in [0.15, 0.2) is 0 Å². The lowest BCUT2D eigenvalue weighted by Gasteiger charge is -2.08. The second kappa shape index (κ2) is 6.95. The summed E-state index contributed by atoms with van der Waals surface area (Å²) in [5.74, 6) is -0.973. The van der Waals surface area contributed by atoms with Gasteiger partial charge in [0, 0.05) is 18.3 Å². The van der Waals surface area contributed by atoms with Crippen LogP contribution in [0.1, 0.15) is 6.92 Å². The van der Waals surface area contributed by atoms with Crippen LogP contribution in [0.2, 0.25) is 0 Å². The second-order valence-corrected chi connectivity index (χ2v) is 3.73. The first-order chi connectivity index (χ1) is 9.01. The molecule has 1 rings (SSSR count). The Balaban J connectivity index is 2.56. The van der Waals surface area contributed by atoms with E-state index in [1.54, 1.807) is 24.3 Å². The van der Waals surface area contributed by atoms with E-state index in [2.05, 4.69) is 22.5 Å². The third kappa shape index (κ3) is 5.49. The first-order valence-electron chi connectivity index (χ1n) is 5.59. The fourth-order valence-corrected chi connectivity index (χ4v) is 1.32. The van der Waals surface area contributed by atoms with Crippen molar-refractivity contribution < 1.29 is 14.4 Å². The number of hydrogen-bond acceptors (Lipinski definition) is 3. The van der Waals surface area contributed by atoms with Crippen LogP contribution in [-0.4, -0.2) is 24.3 Å². The van der Waals surface area contributed by atoms with Gasteiger partial charge in [-0.15, -0.1) is 0 Å². The van der Waals surface area contributed by atoms with E-state index in [9.17, 15) is 14.4 Å². The lowest BCUT2D eigenvalue weighted by atomic mass is 10.2. The standard InChI is InChI=1S/C13H15N3O3/c1-3-12(18)14-8-13(19)16-11-6-4-5-10(7-11)15-9(2)17/h3-7H,1,8H2,2H3,(H,14,18)(H,15,17)(H,16,19). The Labute approximate surface area is 110 Å². The van der Waals surface area contributed by atoms with Gasteiger partial charge in [-0.3, -0.25) is 14.4 Å². The average molecular weight is 261 g/mol. The molecule has 0 atom stereocenters. The van der Waals surface area contributed by atoms with E-state index >= 15 is 0 Å². The summed E-state index contributed by atoms with van der Waals surface area (Å²) in [5.41, 5.74) is 1.12. The maximum absolute atomic E-state index is 11.5. The third-order valence-electron chi connectivity index (χ3n) is 2.08. The minimum Gasteiger partial charge on any atom is -0.343 e. The van der Waals surface area contributed by atoms with E-state index < -0.39 is 5.91 Å². The van der Waals surface area contributed by atoms with Crippen molar-refractivity contribution in [2.45, 2.75) is 6.92 Å². The maximum Gasteiger partial charge on any atom is 0.243 e. The summed E-state index contributed by atoms with van der Waals surface area (Å²) in [6, 6.07) is 6.70. The van der Waals surface area contributed by atoms with Crippen molar-refractivity contribution in [2.75, 3.05) is 17.2 Å². The van der Waals surface area contributed by atoms with Gasteiger partial charge in [-0.25, -0.2) is 0 Å². The van der Waals surface area contributed by atoms with Crippen LogP contribution in [0.3, 0.4) is 0 Å². The number of carbonyl (C=O) groups excluding carboxylic acids is 3. The van der Waals surface area contributed by atoms with Gasteiger partial charge in [0.2, 0.25) is 17.7 Å². The van der Waals surface area contributed by atoms with Crippen LogP contribution in [0, 0.1) is 0 Å². The summed E-state index contributed by atoms with van der Waals surface area (Å²) in [5, 5.41) is 7.56. The monoisotopic (exact) mass is 261 g/mol. The molecule has 0 bridgehead atoms. The van der Waals surface area contributed by atoms with Crippen LogP contribution in [-0.2, 0) is 14.4 Å². The Hall–Kier alpha value is -2.63. The molecule has 3 amide bonds. The normalized spacial score (nSPS) is 9.32. The summed E-state index contributed by atoms with van der Waals surface area (Å²) in [6.45, 7) is 4.53. The molecule has 0 aromatic heterocycles. The molecule has 0 saturated carbocycles. The highest BCUT2D eigenvalue weighted by molar-refractivity contribution is 5.97. The number of hydrogen-bond donors (Lipinski definition) is 3. The second-order valence-electron chi connectivity index (χ2n) is 3.73. The van der Waals surface area contributed by atoms with Crippen molar-refractivity contribution in [2.24, 2.45) is 0 Å². The summed E-state index contributed by atoms with van der Waals surface area (Å²) >= 11 is 0. The molecule has 3 N–H and O–H groups in total. The molecule has 1 aromatic rings. The Morgan fingerprint density at radius 3 is 2.42 bits per heavy atom. The van der Waals surface area contributed by atoms with E-state index in [1.165, 1.54) is 6.92 Å². The molecular weight excluding hydrogens is 246 g/mol. The molecule has 0 saturated heterocycles. The van der Waals surface area contributed by atoms with Gasteiger partial charge >= 0.3 is 0 Å². The molecule has 6 nitrogen and oxygen atoms in total. The number of anilines is 2. The van der Waals surface area contributed by atoms with E-state index in [0.717, 1.165) is 6.08 Å². The molecule has 0 heterocycles. The fraction of sp³-hybridized carbons (Fsp3) is 0.154. The Bertz CT molecular complexity index is 512. The van der Waals surface area contributed by atoms with Crippen LogP contribution >= 0.6 is 0 Å². The highest BCUT2D eigenvalue weighted by Gasteiger charge is 2.04. The fourth-order valence-electron chi connectivity index (χ4n) is 1.32. The van der Waals surface area contributed by atoms with Crippen LogP contribution in [0.5, 0.6) is 0 Å². The Morgan fingerprint density at radius 2 is 1.84 bits per heavy atom. The van der Waals surface area contributed by atoms with Crippen molar-refractivity contribution >= 4 is 29.1 Å². The molecule has 0 spiro atoms. The SMILES string of the molecule is C=CC(=O)NCC(=O)Nc1cccc(NC(C)=O)c1. The van der Waals surface area contributed by atoms with Gasteiger partial charge in [0.05, 0.1) is 6.54 Å². The summed E-state index contributed by atoms with van der Waals surface area (Å²) in [4.78, 5) is 33.3. The van der Waals surface area contributed by atoms with Crippen molar-refractivity contribution in [1.29, 1.82) is 0 Å². The van der Waals surface area contributed by atoms with Crippen molar-refractivity contribution in [3.63, 3.8) is 0 Å².